The average Bonchev–Trinajstić information content (AvgIpc) is 2.73. The quantitative estimate of drug-likeness (QED) is 0.430. The van der Waals surface area contributed by atoms with Gasteiger partial charge in [0, 0.05) is 5.56 Å². The molecule has 0 aliphatic heterocycles. The van der Waals surface area contributed by atoms with Crippen molar-refractivity contribution < 1.29 is 13.5 Å². The van der Waals surface area contributed by atoms with Gasteiger partial charge in [0.2, 0.25) is 5.82 Å². The summed E-state index contributed by atoms with van der Waals surface area (Å²) in [6, 6.07) is 10.1. The lowest BCUT2D eigenvalue weighted by Crippen LogP contribution is -2.13. The third-order valence-electron chi connectivity index (χ3n) is 6.11. The summed E-state index contributed by atoms with van der Waals surface area (Å²) in [5, 5.41) is 0. The standard InChI is InChI=1S/C26H32F2O/c1-4-6-19-7-12-21(13-8-19)22-14-9-20(10-15-22)11-16-23-18(3)17-24(29-5-2)26(28)25(23)27/h9-11,14-17,19,21H,4-8,12-13H2,1-3H3/b16-11+. The van der Waals surface area contributed by atoms with E-state index in [2.05, 4.69) is 31.2 Å². The molecule has 0 spiro atoms. The minimum atomic E-state index is -0.925. The normalized spacial score (nSPS) is 19.6. The van der Waals surface area contributed by atoms with Crippen LogP contribution in [0, 0.1) is 24.5 Å². The lowest BCUT2D eigenvalue weighted by Gasteiger charge is -2.28. The van der Waals surface area contributed by atoms with E-state index < -0.39 is 11.6 Å². The molecule has 3 rings (SSSR count). The number of rotatable bonds is 7. The molecule has 1 saturated carbocycles. The first kappa shape index (κ1) is 21.5. The molecule has 156 valence electrons. The zero-order valence-corrected chi connectivity index (χ0v) is 17.8. The second-order valence-corrected chi connectivity index (χ2v) is 8.17. The van der Waals surface area contributed by atoms with Crippen molar-refractivity contribution in [2.75, 3.05) is 6.61 Å². The molecule has 1 aliphatic carbocycles. The maximum absolute atomic E-state index is 14.4. The Kier molecular flexibility index (Phi) is 7.46. The first-order valence-electron chi connectivity index (χ1n) is 10.9. The van der Waals surface area contributed by atoms with Crippen LogP contribution in [0.5, 0.6) is 5.75 Å². The molecule has 29 heavy (non-hydrogen) atoms. The van der Waals surface area contributed by atoms with Gasteiger partial charge in [-0.2, -0.15) is 4.39 Å². The Morgan fingerprint density at radius 1 is 0.966 bits per heavy atom. The molecule has 2 aromatic rings. The van der Waals surface area contributed by atoms with Crippen LogP contribution in [0.3, 0.4) is 0 Å². The predicted molar refractivity (Wildman–Crippen MR) is 117 cm³/mol. The Morgan fingerprint density at radius 3 is 2.28 bits per heavy atom. The van der Waals surface area contributed by atoms with Gasteiger partial charge in [0.25, 0.3) is 0 Å². The van der Waals surface area contributed by atoms with E-state index in [1.54, 1.807) is 26.0 Å². The van der Waals surface area contributed by atoms with E-state index in [1.165, 1.54) is 44.1 Å². The SMILES string of the molecule is CCCC1CCC(c2ccc(/C=C/c3c(C)cc(OCC)c(F)c3F)cc2)CC1. The van der Waals surface area contributed by atoms with Crippen LogP contribution in [0.15, 0.2) is 30.3 Å². The Balaban J connectivity index is 1.69. The van der Waals surface area contributed by atoms with E-state index in [9.17, 15) is 8.78 Å². The third-order valence-corrected chi connectivity index (χ3v) is 6.11. The molecule has 0 unspecified atom stereocenters. The Hall–Kier alpha value is -2.16. The third kappa shape index (κ3) is 5.26. The van der Waals surface area contributed by atoms with Crippen LogP contribution in [-0.2, 0) is 0 Å². The number of hydrogen-bond donors (Lipinski definition) is 0. The lowest BCUT2D eigenvalue weighted by atomic mass is 9.77. The smallest absolute Gasteiger partial charge is 0.201 e. The van der Waals surface area contributed by atoms with Crippen LogP contribution >= 0.6 is 0 Å². The van der Waals surface area contributed by atoms with E-state index in [1.807, 2.05) is 6.08 Å². The topological polar surface area (TPSA) is 9.23 Å². The number of hydrogen-bond acceptors (Lipinski definition) is 1. The second-order valence-electron chi connectivity index (χ2n) is 8.17. The van der Waals surface area contributed by atoms with Crippen LogP contribution in [0.25, 0.3) is 12.2 Å². The van der Waals surface area contributed by atoms with Crippen LogP contribution < -0.4 is 4.74 Å². The van der Waals surface area contributed by atoms with Crippen molar-refractivity contribution in [3.8, 4) is 5.75 Å². The minimum absolute atomic E-state index is 0.0299. The highest BCUT2D eigenvalue weighted by atomic mass is 19.2. The number of aryl methyl sites for hydroxylation is 1. The monoisotopic (exact) mass is 398 g/mol. The summed E-state index contributed by atoms with van der Waals surface area (Å²) in [4.78, 5) is 0. The summed E-state index contributed by atoms with van der Waals surface area (Å²) in [7, 11) is 0. The highest BCUT2D eigenvalue weighted by molar-refractivity contribution is 5.72. The molecule has 0 N–H and O–H groups in total. The molecule has 0 heterocycles. The van der Waals surface area contributed by atoms with Gasteiger partial charge in [-0.3, -0.25) is 0 Å². The molecule has 1 aliphatic rings. The fourth-order valence-electron chi connectivity index (χ4n) is 4.45. The molecule has 0 saturated heterocycles. The van der Waals surface area contributed by atoms with Crippen LogP contribution in [0.4, 0.5) is 8.78 Å². The van der Waals surface area contributed by atoms with Gasteiger partial charge in [-0.15, -0.1) is 0 Å². The van der Waals surface area contributed by atoms with Crippen LogP contribution in [0.1, 0.15) is 80.5 Å². The van der Waals surface area contributed by atoms with Gasteiger partial charge in [-0.05, 0) is 74.1 Å². The van der Waals surface area contributed by atoms with Crippen molar-refractivity contribution in [2.24, 2.45) is 5.92 Å². The highest BCUT2D eigenvalue weighted by Crippen LogP contribution is 2.37. The number of ether oxygens (including phenoxy) is 1. The van der Waals surface area contributed by atoms with E-state index in [-0.39, 0.29) is 11.3 Å². The molecule has 0 amide bonds. The molecular weight excluding hydrogens is 366 g/mol. The van der Waals surface area contributed by atoms with E-state index in [4.69, 9.17) is 4.74 Å². The van der Waals surface area contributed by atoms with Gasteiger partial charge in [0.1, 0.15) is 0 Å². The van der Waals surface area contributed by atoms with Gasteiger partial charge in [0.15, 0.2) is 11.6 Å². The van der Waals surface area contributed by atoms with E-state index >= 15 is 0 Å². The van der Waals surface area contributed by atoms with Crippen molar-refractivity contribution in [1.82, 2.24) is 0 Å². The Morgan fingerprint density at radius 2 is 1.66 bits per heavy atom. The zero-order valence-electron chi connectivity index (χ0n) is 17.8. The van der Waals surface area contributed by atoms with Crippen molar-refractivity contribution >= 4 is 12.2 Å². The van der Waals surface area contributed by atoms with Crippen LogP contribution in [0.2, 0.25) is 0 Å². The van der Waals surface area contributed by atoms with Crippen molar-refractivity contribution in [3.63, 3.8) is 0 Å². The molecule has 0 radical (unpaired) electrons. The molecule has 3 heteroatoms. The average molecular weight is 399 g/mol. The van der Waals surface area contributed by atoms with Crippen molar-refractivity contribution in [2.45, 2.75) is 65.2 Å². The molecule has 1 fully saturated rings. The zero-order chi connectivity index (χ0) is 20.8. The van der Waals surface area contributed by atoms with Gasteiger partial charge in [-0.25, -0.2) is 4.39 Å². The summed E-state index contributed by atoms with van der Waals surface area (Å²) < 4.78 is 33.8. The van der Waals surface area contributed by atoms with E-state index in [0.29, 0.717) is 18.1 Å². The molecule has 0 atom stereocenters. The van der Waals surface area contributed by atoms with Gasteiger partial charge in [0.05, 0.1) is 6.61 Å². The molecule has 0 aromatic heterocycles. The highest BCUT2D eigenvalue weighted by Gasteiger charge is 2.21. The first-order chi connectivity index (χ1) is 14.0. The number of benzene rings is 2. The summed E-state index contributed by atoms with van der Waals surface area (Å²) in [5.41, 5.74) is 3.31. The van der Waals surface area contributed by atoms with Gasteiger partial charge in [-0.1, -0.05) is 56.2 Å². The van der Waals surface area contributed by atoms with Gasteiger partial charge < -0.3 is 4.74 Å². The fourth-order valence-corrected chi connectivity index (χ4v) is 4.45. The Bertz CT molecular complexity index is 831. The summed E-state index contributed by atoms with van der Waals surface area (Å²) >= 11 is 0. The maximum atomic E-state index is 14.4. The molecule has 0 bridgehead atoms. The summed E-state index contributed by atoms with van der Waals surface area (Å²) in [5.74, 6) is -0.249. The largest absolute Gasteiger partial charge is 0.491 e. The minimum Gasteiger partial charge on any atom is -0.491 e. The van der Waals surface area contributed by atoms with Gasteiger partial charge >= 0.3 is 0 Å². The number of halogens is 2. The lowest BCUT2D eigenvalue weighted by molar-refractivity contribution is 0.308. The molecule has 1 nitrogen and oxygen atoms in total. The Labute approximate surface area is 173 Å². The van der Waals surface area contributed by atoms with E-state index in [0.717, 1.165) is 11.5 Å². The summed E-state index contributed by atoms with van der Waals surface area (Å²) in [6.07, 6.45) is 11.4. The summed E-state index contributed by atoms with van der Waals surface area (Å²) in [6.45, 7) is 6.09. The van der Waals surface area contributed by atoms with Crippen molar-refractivity contribution in [1.29, 1.82) is 0 Å². The van der Waals surface area contributed by atoms with Crippen LogP contribution in [-0.4, -0.2) is 6.61 Å². The second kappa shape index (κ2) is 10.0. The first-order valence-corrected chi connectivity index (χ1v) is 10.9. The molecular formula is C26H32F2O. The molecule has 2 aromatic carbocycles. The fraction of sp³-hybridized carbons (Fsp3) is 0.462. The van der Waals surface area contributed by atoms with Crippen molar-refractivity contribution in [3.05, 3.63) is 64.2 Å². The predicted octanol–water partition coefficient (Wildman–Crippen LogP) is 7.92. The maximum Gasteiger partial charge on any atom is 0.201 e.